The van der Waals surface area contributed by atoms with Crippen molar-refractivity contribution >= 4 is 27.9 Å². The summed E-state index contributed by atoms with van der Waals surface area (Å²) in [6.07, 6.45) is 4.50. The van der Waals surface area contributed by atoms with E-state index in [2.05, 4.69) is 15.9 Å². The van der Waals surface area contributed by atoms with Crippen molar-refractivity contribution in [3.05, 3.63) is 27.1 Å². The lowest BCUT2D eigenvalue weighted by Crippen LogP contribution is -2.45. The van der Waals surface area contributed by atoms with Gasteiger partial charge in [-0.05, 0) is 41.6 Å². The van der Waals surface area contributed by atoms with E-state index in [-0.39, 0.29) is 36.3 Å². The molecule has 0 N–H and O–H groups in total. The fraction of sp³-hybridized carbons (Fsp3) is 0.611. The van der Waals surface area contributed by atoms with Crippen LogP contribution in [-0.2, 0) is 16.6 Å². The molecule has 3 fully saturated rings. The molecule has 0 spiro atoms. The minimum absolute atomic E-state index is 0.0385. The number of halogens is 1. The van der Waals surface area contributed by atoms with Crippen molar-refractivity contribution in [3.8, 4) is 5.75 Å². The molecule has 4 rings (SSSR count). The van der Waals surface area contributed by atoms with Gasteiger partial charge in [0.25, 0.3) is 11.5 Å². The van der Waals surface area contributed by atoms with Crippen LogP contribution >= 0.6 is 15.9 Å². The van der Waals surface area contributed by atoms with Gasteiger partial charge in [-0.25, -0.2) is 4.79 Å². The molecule has 1 unspecified atom stereocenters. The van der Waals surface area contributed by atoms with Gasteiger partial charge in [-0.2, -0.15) is 0 Å². The normalized spacial score (nSPS) is 28.4. The molecule has 0 bridgehead atoms. The lowest BCUT2D eigenvalue weighted by molar-refractivity contribution is -0.133. The Morgan fingerprint density at radius 1 is 1.19 bits per heavy atom. The first-order valence-corrected chi connectivity index (χ1v) is 9.99. The molecule has 1 aliphatic carbocycles. The number of nitrogens with zero attached hydrogens (tertiary/aromatic N) is 3. The minimum atomic E-state index is -0.461. The van der Waals surface area contributed by atoms with Crippen LogP contribution in [0.4, 0.5) is 4.79 Å². The smallest absolute Gasteiger partial charge is 0.327 e. The number of fused-ring (bicyclic) bond motifs is 1. The Hall–Kier alpha value is -1.87. The van der Waals surface area contributed by atoms with Crippen LogP contribution in [0, 0.1) is 0 Å². The second kappa shape index (κ2) is 7.27. The maximum Gasteiger partial charge on any atom is 0.327 e. The van der Waals surface area contributed by atoms with E-state index in [0.29, 0.717) is 31.7 Å². The van der Waals surface area contributed by atoms with Gasteiger partial charge in [-0.1, -0.05) is 0 Å². The van der Waals surface area contributed by atoms with Gasteiger partial charge < -0.3 is 18.9 Å². The van der Waals surface area contributed by atoms with Gasteiger partial charge in [0.2, 0.25) is 0 Å². The highest BCUT2D eigenvalue weighted by atomic mass is 79.9. The summed E-state index contributed by atoms with van der Waals surface area (Å²) >= 11 is 3.42. The molecule has 8 nitrogen and oxygen atoms in total. The second-order valence-corrected chi connectivity index (χ2v) is 8.11. The van der Waals surface area contributed by atoms with Crippen molar-refractivity contribution in [1.29, 1.82) is 0 Å². The summed E-state index contributed by atoms with van der Waals surface area (Å²) in [5.74, 6) is 0.391. The summed E-state index contributed by atoms with van der Waals surface area (Å²) < 4.78 is 13.6. The van der Waals surface area contributed by atoms with Gasteiger partial charge >= 0.3 is 6.03 Å². The van der Waals surface area contributed by atoms with Crippen molar-refractivity contribution in [2.75, 3.05) is 19.8 Å². The molecule has 0 aromatic carbocycles. The Kier molecular flexibility index (Phi) is 4.98. The number of hydrogen-bond donors (Lipinski definition) is 0. The van der Waals surface area contributed by atoms with E-state index in [4.69, 9.17) is 9.47 Å². The molecule has 1 saturated carbocycles. The third-order valence-corrected chi connectivity index (χ3v) is 6.15. The Labute approximate surface area is 165 Å². The molecule has 2 aliphatic heterocycles. The first kappa shape index (κ1) is 18.5. The molecular formula is C18H22BrN3O5. The highest BCUT2D eigenvalue weighted by Gasteiger charge is 2.49. The Bertz CT molecular complexity index is 794. The first-order valence-electron chi connectivity index (χ1n) is 9.20. The predicted molar refractivity (Wildman–Crippen MR) is 99.6 cm³/mol. The summed E-state index contributed by atoms with van der Waals surface area (Å²) in [7, 11) is 1.69. The average molecular weight is 440 g/mol. The van der Waals surface area contributed by atoms with Gasteiger partial charge in [0.1, 0.15) is 11.8 Å². The molecule has 1 aromatic rings. The second-order valence-electron chi connectivity index (χ2n) is 7.26. The van der Waals surface area contributed by atoms with E-state index < -0.39 is 6.04 Å². The topological polar surface area (TPSA) is 81.1 Å². The number of amides is 3. The lowest BCUT2D eigenvalue weighted by atomic mass is 9.92. The third-order valence-electron chi connectivity index (χ3n) is 5.55. The molecule has 3 aliphatic rings. The minimum Gasteiger partial charge on any atom is -0.489 e. The number of carbonyl (C=O) groups is 2. The monoisotopic (exact) mass is 439 g/mol. The Balaban J connectivity index is 1.39. The molecular weight excluding hydrogens is 418 g/mol. The van der Waals surface area contributed by atoms with E-state index in [1.807, 2.05) is 0 Å². The molecule has 9 heteroatoms. The Morgan fingerprint density at radius 2 is 1.93 bits per heavy atom. The molecule has 3 amide bonds. The number of carbonyl (C=O) groups excluding carboxylic acids is 2. The summed E-state index contributed by atoms with van der Waals surface area (Å²) in [6.45, 7) is 1.24. The van der Waals surface area contributed by atoms with Crippen molar-refractivity contribution in [2.45, 2.75) is 43.9 Å². The van der Waals surface area contributed by atoms with E-state index >= 15 is 0 Å². The number of imide groups is 1. The highest BCUT2D eigenvalue weighted by molar-refractivity contribution is 9.10. The number of morpholine rings is 1. The number of ether oxygens (including phenoxy) is 2. The van der Waals surface area contributed by atoms with Crippen LogP contribution in [0.5, 0.6) is 5.75 Å². The molecule has 146 valence electrons. The zero-order valence-electron chi connectivity index (χ0n) is 15.1. The maximum absolute atomic E-state index is 12.6. The van der Waals surface area contributed by atoms with Crippen LogP contribution in [0.3, 0.4) is 0 Å². The van der Waals surface area contributed by atoms with Crippen LogP contribution in [0.2, 0.25) is 0 Å². The predicted octanol–water partition coefficient (Wildman–Crippen LogP) is 1.50. The van der Waals surface area contributed by atoms with Gasteiger partial charge in [-0.15, -0.1) is 0 Å². The van der Waals surface area contributed by atoms with Gasteiger partial charge in [-0.3, -0.25) is 14.5 Å². The van der Waals surface area contributed by atoms with E-state index in [9.17, 15) is 14.4 Å². The quantitative estimate of drug-likeness (QED) is 0.666. The average Bonchev–Trinajstić information content (AvgIpc) is 2.92. The van der Waals surface area contributed by atoms with Crippen LogP contribution < -0.4 is 10.3 Å². The summed E-state index contributed by atoms with van der Waals surface area (Å²) in [4.78, 5) is 40.2. The molecule has 2 saturated heterocycles. The van der Waals surface area contributed by atoms with E-state index in [0.717, 1.165) is 17.3 Å². The van der Waals surface area contributed by atoms with E-state index in [1.54, 1.807) is 18.1 Å². The number of aryl methyl sites for hydroxylation is 1. The largest absolute Gasteiger partial charge is 0.489 e. The summed E-state index contributed by atoms with van der Waals surface area (Å²) in [5, 5.41) is 0. The van der Waals surface area contributed by atoms with Crippen molar-refractivity contribution in [1.82, 2.24) is 14.4 Å². The molecule has 1 atom stereocenters. The lowest BCUT2D eigenvalue weighted by Gasteiger charge is -2.33. The molecule has 1 aromatic heterocycles. The maximum atomic E-state index is 12.6. The summed E-state index contributed by atoms with van der Waals surface area (Å²) in [5.41, 5.74) is -0.131. The van der Waals surface area contributed by atoms with Gasteiger partial charge in [0.15, 0.2) is 0 Å². The standard InChI is InChI=1S/C18H22BrN3O5/c1-20-9-13(19)15(8-16(20)23)27-12-4-2-11(3-5-12)22-17(24)14-10-26-7-6-21(14)18(22)25/h8-9,11-12,14H,2-7,10H2,1H3. The number of rotatable bonds is 3. The third kappa shape index (κ3) is 3.38. The number of aromatic nitrogens is 1. The zero-order valence-corrected chi connectivity index (χ0v) is 16.7. The molecule has 0 radical (unpaired) electrons. The molecule has 27 heavy (non-hydrogen) atoms. The van der Waals surface area contributed by atoms with E-state index in [1.165, 1.54) is 15.5 Å². The fourth-order valence-corrected chi connectivity index (χ4v) is 4.55. The van der Waals surface area contributed by atoms with Crippen molar-refractivity contribution < 1.29 is 19.1 Å². The van der Waals surface area contributed by atoms with Gasteiger partial charge in [0.05, 0.1) is 23.8 Å². The fourth-order valence-electron chi connectivity index (χ4n) is 4.04. The highest BCUT2D eigenvalue weighted by Crippen LogP contribution is 2.33. The summed E-state index contributed by atoms with van der Waals surface area (Å²) in [6, 6.07) is 0.730. The zero-order chi connectivity index (χ0) is 19.1. The van der Waals surface area contributed by atoms with Crippen LogP contribution in [-0.4, -0.2) is 64.3 Å². The van der Waals surface area contributed by atoms with Crippen molar-refractivity contribution in [2.24, 2.45) is 7.05 Å². The first-order chi connectivity index (χ1) is 13.0. The molecule has 3 heterocycles. The van der Waals surface area contributed by atoms with Crippen LogP contribution in [0.25, 0.3) is 0 Å². The van der Waals surface area contributed by atoms with Gasteiger partial charge in [0, 0.05) is 31.9 Å². The number of hydrogen-bond acceptors (Lipinski definition) is 5. The number of pyridine rings is 1. The van der Waals surface area contributed by atoms with Crippen molar-refractivity contribution in [3.63, 3.8) is 0 Å². The SMILES string of the molecule is Cn1cc(Br)c(OC2CCC(N3C(=O)C4COCCN4C3=O)CC2)cc1=O. The Morgan fingerprint density at radius 3 is 2.63 bits per heavy atom. The number of urea groups is 1. The van der Waals surface area contributed by atoms with Crippen LogP contribution in [0.15, 0.2) is 21.5 Å². The van der Waals surface area contributed by atoms with Crippen LogP contribution in [0.1, 0.15) is 25.7 Å².